The van der Waals surface area contributed by atoms with E-state index in [4.69, 9.17) is 5.11 Å². The highest BCUT2D eigenvalue weighted by Crippen LogP contribution is 2.16. The normalized spacial score (nSPS) is 10.7. The Hall–Kier alpha value is -2.37. The third-order valence-electron chi connectivity index (χ3n) is 3.09. The van der Waals surface area contributed by atoms with Crippen LogP contribution in [-0.2, 0) is 11.2 Å². The number of nitrogens with zero attached hydrogens (tertiary/aromatic N) is 2. The van der Waals surface area contributed by atoms with Gasteiger partial charge in [-0.1, -0.05) is 13.0 Å². The number of nitrogens with one attached hydrogen (secondary N) is 1. The Bertz CT molecular complexity index is 661. The van der Waals surface area contributed by atoms with Crippen molar-refractivity contribution in [3.8, 4) is 0 Å². The van der Waals surface area contributed by atoms with E-state index in [2.05, 4.69) is 10.3 Å². The summed E-state index contributed by atoms with van der Waals surface area (Å²) in [6, 6.07) is 3.80. The lowest BCUT2D eigenvalue weighted by Crippen LogP contribution is -2.28. The van der Waals surface area contributed by atoms with Crippen LogP contribution in [0.2, 0.25) is 0 Å². The quantitative estimate of drug-likeness (QED) is 0.864. The van der Waals surface area contributed by atoms with Crippen molar-refractivity contribution < 1.29 is 14.7 Å². The Morgan fingerprint density at radius 1 is 1.45 bits per heavy atom. The van der Waals surface area contributed by atoms with Gasteiger partial charge in [-0.05, 0) is 25.0 Å². The van der Waals surface area contributed by atoms with Crippen molar-refractivity contribution in [2.45, 2.75) is 26.7 Å². The standard InChI is InChI=1S/C14H17N3O3/c1-3-10-12(14(20)15-7-6-11(18)19)17-8-4-5-9(2)13(17)16-10/h4-5,8H,3,6-7H2,1-2H3,(H,15,20)(H,18,19). The molecule has 2 N–H and O–H groups in total. The first-order valence-electron chi connectivity index (χ1n) is 6.51. The molecule has 106 valence electrons. The fraction of sp³-hybridized carbons (Fsp3) is 0.357. The predicted octanol–water partition coefficient (Wildman–Crippen LogP) is 1.41. The van der Waals surface area contributed by atoms with Gasteiger partial charge >= 0.3 is 5.97 Å². The molecule has 0 atom stereocenters. The number of fused-ring (bicyclic) bond motifs is 1. The van der Waals surface area contributed by atoms with E-state index in [9.17, 15) is 9.59 Å². The van der Waals surface area contributed by atoms with Crippen LogP contribution in [0, 0.1) is 6.92 Å². The zero-order valence-corrected chi connectivity index (χ0v) is 11.5. The van der Waals surface area contributed by atoms with Crippen molar-refractivity contribution >= 4 is 17.5 Å². The summed E-state index contributed by atoms with van der Waals surface area (Å²) in [5, 5.41) is 11.2. The maximum absolute atomic E-state index is 12.2. The van der Waals surface area contributed by atoms with E-state index in [0.29, 0.717) is 17.8 Å². The van der Waals surface area contributed by atoms with Crippen LogP contribution in [0.15, 0.2) is 18.3 Å². The van der Waals surface area contributed by atoms with Gasteiger partial charge in [0.2, 0.25) is 0 Å². The minimum atomic E-state index is -0.935. The van der Waals surface area contributed by atoms with Crippen LogP contribution in [0.5, 0.6) is 0 Å². The molecule has 2 aromatic heterocycles. The highest BCUT2D eigenvalue weighted by Gasteiger charge is 2.18. The van der Waals surface area contributed by atoms with Gasteiger partial charge in [0.1, 0.15) is 11.3 Å². The topological polar surface area (TPSA) is 83.7 Å². The van der Waals surface area contributed by atoms with Crippen LogP contribution in [0.1, 0.15) is 35.1 Å². The Labute approximate surface area is 116 Å². The molecule has 0 saturated carbocycles. The third-order valence-corrected chi connectivity index (χ3v) is 3.09. The highest BCUT2D eigenvalue weighted by atomic mass is 16.4. The summed E-state index contributed by atoms with van der Waals surface area (Å²) in [6.45, 7) is 3.98. The molecule has 0 aromatic carbocycles. The number of aliphatic carboxylic acids is 1. The molecule has 6 heteroatoms. The molecule has 2 aromatic rings. The number of amides is 1. The molecule has 0 aliphatic heterocycles. The molecule has 0 saturated heterocycles. The number of hydrogen-bond donors (Lipinski definition) is 2. The zero-order chi connectivity index (χ0) is 14.7. The van der Waals surface area contributed by atoms with Crippen molar-refractivity contribution in [1.82, 2.24) is 14.7 Å². The maximum Gasteiger partial charge on any atom is 0.305 e. The summed E-state index contributed by atoms with van der Waals surface area (Å²) >= 11 is 0. The van der Waals surface area contributed by atoms with Crippen molar-refractivity contribution in [2.24, 2.45) is 0 Å². The number of carbonyl (C=O) groups excluding carboxylic acids is 1. The Balaban J connectivity index is 2.34. The van der Waals surface area contributed by atoms with Gasteiger partial charge in [0.25, 0.3) is 5.91 Å². The summed E-state index contributed by atoms with van der Waals surface area (Å²) in [6.07, 6.45) is 2.34. The largest absolute Gasteiger partial charge is 0.481 e. The molecule has 20 heavy (non-hydrogen) atoms. The number of aryl methyl sites for hydroxylation is 2. The van der Waals surface area contributed by atoms with E-state index in [1.165, 1.54) is 0 Å². The molecule has 0 bridgehead atoms. The molecule has 1 amide bonds. The average molecular weight is 275 g/mol. The van der Waals surface area contributed by atoms with Crippen molar-refractivity contribution in [3.05, 3.63) is 35.3 Å². The van der Waals surface area contributed by atoms with Crippen LogP contribution in [0.25, 0.3) is 5.65 Å². The molecule has 0 fully saturated rings. The maximum atomic E-state index is 12.2. The minimum absolute atomic E-state index is 0.0943. The van der Waals surface area contributed by atoms with Gasteiger partial charge in [-0.3, -0.25) is 14.0 Å². The Morgan fingerprint density at radius 2 is 2.20 bits per heavy atom. The molecule has 0 spiro atoms. The summed E-state index contributed by atoms with van der Waals surface area (Å²) in [7, 11) is 0. The SMILES string of the molecule is CCc1nc2c(C)cccn2c1C(=O)NCCC(=O)O. The zero-order valence-electron chi connectivity index (χ0n) is 11.5. The minimum Gasteiger partial charge on any atom is -0.481 e. The van der Waals surface area contributed by atoms with Crippen LogP contribution in [0.3, 0.4) is 0 Å². The number of pyridine rings is 1. The fourth-order valence-electron chi connectivity index (χ4n) is 2.10. The summed E-state index contributed by atoms with van der Waals surface area (Å²) in [5.41, 5.74) is 2.95. The highest BCUT2D eigenvalue weighted by molar-refractivity contribution is 5.95. The van der Waals surface area contributed by atoms with Gasteiger partial charge < -0.3 is 10.4 Å². The van der Waals surface area contributed by atoms with E-state index in [1.54, 1.807) is 10.6 Å². The molecule has 2 rings (SSSR count). The van der Waals surface area contributed by atoms with Gasteiger partial charge in [0, 0.05) is 12.7 Å². The number of carbonyl (C=O) groups is 2. The van der Waals surface area contributed by atoms with Crippen LogP contribution in [-0.4, -0.2) is 32.9 Å². The van der Waals surface area contributed by atoms with E-state index in [-0.39, 0.29) is 18.9 Å². The molecule has 0 unspecified atom stereocenters. The second-order valence-corrected chi connectivity index (χ2v) is 4.55. The molecule has 0 aliphatic rings. The lowest BCUT2D eigenvalue weighted by molar-refractivity contribution is -0.136. The number of imidazole rings is 1. The van der Waals surface area contributed by atoms with Gasteiger partial charge in [0.15, 0.2) is 0 Å². The molecule has 6 nitrogen and oxygen atoms in total. The number of carboxylic acids is 1. The Kier molecular flexibility index (Phi) is 4.02. The first-order valence-corrected chi connectivity index (χ1v) is 6.51. The first kappa shape index (κ1) is 14.0. The van der Waals surface area contributed by atoms with Crippen molar-refractivity contribution in [1.29, 1.82) is 0 Å². The van der Waals surface area contributed by atoms with Gasteiger partial charge in [-0.2, -0.15) is 0 Å². The van der Waals surface area contributed by atoms with E-state index < -0.39 is 5.97 Å². The molecular weight excluding hydrogens is 258 g/mol. The lowest BCUT2D eigenvalue weighted by Gasteiger charge is -2.05. The number of hydrogen-bond acceptors (Lipinski definition) is 3. The average Bonchev–Trinajstić information content (AvgIpc) is 2.78. The Morgan fingerprint density at radius 3 is 2.85 bits per heavy atom. The van der Waals surface area contributed by atoms with Crippen molar-refractivity contribution in [2.75, 3.05) is 6.54 Å². The van der Waals surface area contributed by atoms with Gasteiger partial charge in [-0.15, -0.1) is 0 Å². The molecule has 2 heterocycles. The number of rotatable bonds is 5. The van der Waals surface area contributed by atoms with E-state index in [0.717, 1.165) is 11.2 Å². The number of aromatic nitrogens is 2. The molecular formula is C14H17N3O3. The molecule has 0 radical (unpaired) electrons. The lowest BCUT2D eigenvalue weighted by atomic mass is 10.2. The number of carboxylic acid groups (broad SMARTS) is 1. The second-order valence-electron chi connectivity index (χ2n) is 4.55. The molecule has 0 aliphatic carbocycles. The summed E-state index contributed by atoms with van der Waals surface area (Å²) in [5.74, 6) is -1.23. The predicted molar refractivity (Wildman–Crippen MR) is 73.9 cm³/mol. The van der Waals surface area contributed by atoms with Gasteiger partial charge in [-0.25, -0.2) is 4.98 Å². The van der Waals surface area contributed by atoms with Gasteiger partial charge in [0.05, 0.1) is 12.1 Å². The van der Waals surface area contributed by atoms with Crippen LogP contribution < -0.4 is 5.32 Å². The van der Waals surface area contributed by atoms with Crippen LogP contribution in [0.4, 0.5) is 0 Å². The third kappa shape index (κ3) is 2.64. The van der Waals surface area contributed by atoms with Crippen LogP contribution >= 0.6 is 0 Å². The summed E-state index contributed by atoms with van der Waals surface area (Å²) < 4.78 is 1.75. The second kappa shape index (κ2) is 5.73. The first-order chi connectivity index (χ1) is 9.54. The smallest absolute Gasteiger partial charge is 0.305 e. The summed E-state index contributed by atoms with van der Waals surface area (Å²) in [4.78, 5) is 27.2. The van der Waals surface area contributed by atoms with E-state index in [1.807, 2.05) is 26.0 Å². The fourth-order valence-corrected chi connectivity index (χ4v) is 2.10. The van der Waals surface area contributed by atoms with Crippen molar-refractivity contribution in [3.63, 3.8) is 0 Å². The monoisotopic (exact) mass is 275 g/mol. The van der Waals surface area contributed by atoms with E-state index >= 15 is 0 Å².